The molecular weight excluding hydrogens is 348 g/mol. The summed E-state index contributed by atoms with van der Waals surface area (Å²) in [7, 11) is -4.48. The van der Waals surface area contributed by atoms with Gasteiger partial charge in [-0.1, -0.05) is 0 Å². The number of aromatic hydroxyl groups is 1. The molecule has 0 bridgehead atoms. The molecule has 1 aliphatic heterocycles. The number of piperidine rings is 1. The van der Waals surface area contributed by atoms with Crippen LogP contribution in [0.3, 0.4) is 0 Å². The molecule has 2 N–H and O–H groups in total. The van der Waals surface area contributed by atoms with Crippen molar-refractivity contribution in [2.75, 3.05) is 17.4 Å². The van der Waals surface area contributed by atoms with Gasteiger partial charge in [0, 0.05) is 13.1 Å². The average molecular weight is 372 g/mol. The first kappa shape index (κ1) is 19.3. The van der Waals surface area contributed by atoms with Gasteiger partial charge in [0.05, 0.1) is 11.7 Å². The predicted molar refractivity (Wildman–Crippen MR) is 93.0 cm³/mol. The second kappa shape index (κ2) is 7.09. The number of likely N-dealkylation sites (tertiary alicyclic amines) is 1. The van der Waals surface area contributed by atoms with Crippen molar-refractivity contribution in [1.82, 2.24) is 4.90 Å². The number of carbonyl (C=O) groups is 1. The molecule has 1 heterocycles. The summed E-state index contributed by atoms with van der Waals surface area (Å²) in [5.41, 5.74) is -0.337. The Hall–Kier alpha value is -2.00. The van der Waals surface area contributed by atoms with Gasteiger partial charge in [-0.15, -0.1) is 0 Å². The molecule has 1 aromatic rings. The van der Waals surface area contributed by atoms with Crippen molar-refractivity contribution in [3.8, 4) is 5.75 Å². The van der Waals surface area contributed by atoms with Gasteiger partial charge in [0.1, 0.15) is 11.4 Å². The molecule has 25 heavy (non-hydrogen) atoms. The van der Waals surface area contributed by atoms with E-state index in [0.717, 1.165) is 4.31 Å². The third-order valence-electron chi connectivity index (χ3n) is 3.80. The van der Waals surface area contributed by atoms with Crippen LogP contribution in [0.1, 0.15) is 33.6 Å². The summed E-state index contributed by atoms with van der Waals surface area (Å²) in [6, 6.07) is 5.05. The number of phenolic OH excluding ortho intramolecular Hbond substituents is 1. The smallest absolute Gasteiger partial charge is 0.410 e. The number of ether oxygens (including phenoxy) is 1. The summed E-state index contributed by atoms with van der Waals surface area (Å²) in [5.74, 6) is -0.00113. The highest BCUT2D eigenvalue weighted by Crippen LogP contribution is 2.28. The molecule has 1 saturated heterocycles. The van der Waals surface area contributed by atoms with Gasteiger partial charge in [0.15, 0.2) is 0 Å². The van der Waals surface area contributed by atoms with Gasteiger partial charge in [0.2, 0.25) is 0 Å². The summed E-state index contributed by atoms with van der Waals surface area (Å²) in [4.78, 5) is 13.6. The van der Waals surface area contributed by atoms with Crippen LogP contribution in [-0.2, 0) is 15.0 Å². The highest BCUT2D eigenvalue weighted by Gasteiger charge is 2.34. The molecule has 1 aliphatic rings. The zero-order valence-corrected chi connectivity index (χ0v) is 15.4. The molecule has 8 nitrogen and oxygen atoms in total. The second-order valence-electron chi connectivity index (χ2n) is 6.99. The van der Waals surface area contributed by atoms with Crippen LogP contribution in [-0.4, -0.2) is 53.8 Å². The van der Waals surface area contributed by atoms with E-state index >= 15 is 0 Å². The van der Waals surface area contributed by atoms with Gasteiger partial charge in [-0.05, 0) is 57.9 Å². The van der Waals surface area contributed by atoms with Crippen LogP contribution in [0.4, 0.5) is 10.5 Å². The Bertz CT molecular complexity index is 703. The molecule has 2 rings (SSSR count). The molecule has 0 spiro atoms. The second-order valence-corrected chi connectivity index (χ2v) is 8.28. The normalized spacial score (nSPS) is 16.6. The molecule has 0 radical (unpaired) electrons. The van der Waals surface area contributed by atoms with E-state index in [2.05, 4.69) is 0 Å². The van der Waals surface area contributed by atoms with Crippen molar-refractivity contribution in [1.29, 1.82) is 0 Å². The molecule has 1 aromatic carbocycles. The minimum Gasteiger partial charge on any atom is -0.508 e. The van der Waals surface area contributed by atoms with Crippen molar-refractivity contribution in [3.05, 3.63) is 24.3 Å². The first-order valence-corrected chi connectivity index (χ1v) is 9.41. The van der Waals surface area contributed by atoms with Gasteiger partial charge < -0.3 is 14.7 Å². The van der Waals surface area contributed by atoms with E-state index < -0.39 is 28.0 Å². The molecule has 1 fully saturated rings. The SMILES string of the molecule is CC(C)(C)OC(=O)N1CCC(N(c2ccc(O)cc2)S(=O)(=O)O)CC1. The fourth-order valence-electron chi connectivity index (χ4n) is 2.74. The summed E-state index contributed by atoms with van der Waals surface area (Å²) >= 11 is 0. The number of hydrogen-bond acceptors (Lipinski definition) is 5. The standard InChI is InChI=1S/C16H24N2O6S/c1-16(2,3)24-15(20)17-10-8-13(9-11-17)18(25(21,22)23)12-4-6-14(19)7-5-12/h4-7,13,19H,8-11H2,1-3H3,(H,21,22,23). The largest absolute Gasteiger partial charge is 0.508 e. The minimum absolute atomic E-state index is 0.00113. The molecular formula is C16H24N2O6S. The van der Waals surface area contributed by atoms with Crippen molar-refractivity contribution in [3.63, 3.8) is 0 Å². The molecule has 0 saturated carbocycles. The zero-order valence-electron chi connectivity index (χ0n) is 14.5. The lowest BCUT2D eigenvalue weighted by atomic mass is 10.0. The van der Waals surface area contributed by atoms with Crippen LogP contribution in [0.25, 0.3) is 0 Å². The third kappa shape index (κ3) is 5.23. The Morgan fingerprint density at radius 1 is 1.20 bits per heavy atom. The van der Waals surface area contributed by atoms with Gasteiger partial charge in [0.25, 0.3) is 0 Å². The lowest BCUT2D eigenvalue weighted by molar-refractivity contribution is 0.0207. The van der Waals surface area contributed by atoms with Crippen molar-refractivity contribution in [2.24, 2.45) is 0 Å². The molecule has 0 aliphatic carbocycles. The van der Waals surface area contributed by atoms with E-state index in [1.54, 1.807) is 20.8 Å². The number of benzene rings is 1. The number of hydrogen-bond donors (Lipinski definition) is 2. The maximum atomic E-state index is 12.1. The third-order valence-corrected chi connectivity index (χ3v) is 4.81. The number of carbonyl (C=O) groups excluding carboxylic acids is 1. The Labute approximate surface area is 147 Å². The molecule has 0 aromatic heterocycles. The van der Waals surface area contributed by atoms with E-state index in [-0.39, 0.29) is 11.4 Å². The van der Waals surface area contributed by atoms with Crippen LogP contribution < -0.4 is 4.31 Å². The highest BCUT2D eigenvalue weighted by atomic mass is 32.2. The van der Waals surface area contributed by atoms with E-state index in [0.29, 0.717) is 25.9 Å². The van der Waals surface area contributed by atoms with Crippen LogP contribution in [0.15, 0.2) is 24.3 Å². The summed E-state index contributed by atoms with van der Waals surface area (Å²) < 4.78 is 39.5. The van der Waals surface area contributed by atoms with E-state index in [4.69, 9.17) is 4.74 Å². The Morgan fingerprint density at radius 3 is 2.16 bits per heavy atom. The van der Waals surface area contributed by atoms with Crippen LogP contribution in [0.2, 0.25) is 0 Å². The average Bonchev–Trinajstić information content (AvgIpc) is 2.47. The first-order chi connectivity index (χ1) is 11.5. The van der Waals surface area contributed by atoms with Crippen molar-refractivity contribution < 1.29 is 27.6 Å². The number of phenols is 1. The van der Waals surface area contributed by atoms with Crippen molar-refractivity contribution in [2.45, 2.75) is 45.3 Å². The van der Waals surface area contributed by atoms with Crippen LogP contribution >= 0.6 is 0 Å². The Kier molecular flexibility index (Phi) is 5.48. The van der Waals surface area contributed by atoms with Gasteiger partial charge in [-0.3, -0.25) is 4.55 Å². The fourth-order valence-corrected chi connectivity index (χ4v) is 3.72. The van der Waals surface area contributed by atoms with E-state index in [1.807, 2.05) is 0 Å². The topological polar surface area (TPSA) is 107 Å². The summed E-state index contributed by atoms with van der Waals surface area (Å²) in [5, 5.41) is 9.35. The maximum absolute atomic E-state index is 12.1. The number of amides is 1. The Balaban J connectivity index is 2.10. The monoisotopic (exact) mass is 372 g/mol. The van der Waals surface area contributed by atoms with E-state index in [9.17, 15) is 22.9 Å². The highest BCUT2D eigenvalue weighted by molar-refractivity contribution is 7.87. The number of anilines is 1. The number of rotatable bonds is 3. The lowest BCUT2D eigenvalue weighted by Crippen LogP contribution is -2.49. The van der Waals surface area contributed by atoms with Gasteiger partial charge >= 0.3 is 16.4 Å². The summed E-state index contributed by atoms with van der Waals surface area (Å²) in [6.45, 7) is 5.99. The first-order valence-electron chi connectivity index (χ1n) is 8.01. The van der Waals surface area contributed by atoms with Gasteiger partial charge in [-0.2, -0.15) is 8.42 Å². The molecule has 1 amide bonds. The van der Waals surface area contributed by atoms with Crippen LogP contribution in [0.5, 0.6) is 5.75 Å². The quantitative estimate of drug-likeness (QED) is 0.789. The molecule has 140 valence electrons. The van der Waals surface area contributed by atoms with Crippen LogP contribution in [0, 0.1) is 0 Å². The predicted octanol–water partition coefficient (Wildman–Crippen LogP) is 2.40. The van der Waals surface area contributed by atoms with Gasteiger partial charge in [-0.25, -0.2) is 9.10 Å². The number of nitrogens with zero attached hydrogens (tertiary/aromatic N) is 2. The maximum Gasteiger partial charge on any atom is 0.410 e. The molecule has 9 heteroatoms. The Morgan fingerprint density at radius 2 is 1.72 bits per heavy atom. The van der Waals surface area contributed by atoms with E-state index in [1.165, 1.54) is 29.2 Å². The molecule has 0 atom stereocenters. The molecule has 0 unspecified atom stereocenters. The van der Waals surface area contributed by atoms with Crippen molar-refractivity contribution >= 4 is 22.1 Å². The zero-order chi connectivity index (χ0) is 18.8. The minimum atomic E-state index is -4.48. The summed E-state index contributed by atoms with van der Waals surface area (Å²) in [6.07, 6.45) is 0.286. The lowest BCUT2D eigenvalue weighted by Gasteiger charge is -2.37. The fraction of sp³-hybridized carbons (Fsp3) is 0.562.